The number of amides is 4. The molecule has 0 bridgehead atoms. The van der Waals surface area contributed by atoms with Gasteiger partial charge in [0.2, 0.25) is 11.8 Å². The van der Waals surface area contributed by atoms with Gasteiger partial charge in [0.25, 0.3) is 11.8 Å². The third kappa shape index (κ3) is 16.0. The Balaban J connectivity index is 1.25. The average Bonchev–Trinajstić information content (AvgIpc) is 3.52. The molecule has 51 heavy (non-hydrogen) atoms. The molecule has 2 heterocycles. The summed E-state index contributed by atoms with van der Waals surface area (Å²) in [6, 6.07) is 6.27. The maximum absolute atomic E-state index is 12.9. The fourth-order valence-electron chi connectivity index (χ4n) is 4.19. The van der Waals surface area contributed by atoms with Crippen LogP contribution in [0.4, 0.5) is 5.69 Å². The summed E-state index contributed by atoms with van der Waals surface area (Å²) in [5, 5.41) is 16.7. The summed E-state index contributed by atoms with van der Waals surface area (Å²) in [6.45, 7) is 4.75. The highest BCUT2D eigenvalue weighted by Gasteiger charge is 2.18. The second-order valence-electron chi connectivity index (χ2n) is 10.7. The minimum Gasteiger partial charge on any atom is -0.496 e. The second-order valence-corrected chi connectivity index (χ2v) is 11.8. The number of methoxy groups -OCH3 is 1. The van der Waals surface area contributed by atoms with Gasteiger partial charge in [0.05, 0.1) is 52.3 Å². The Kier molecular flexibility index (Phi) is 19.1. The van der Waals surface area contributed by atoms with Crippen LogP contribution in [0.25, 0.3) is 5.57 Å². The van der Waals surface area contributed by atoms with E-state index in [0.29, 0.717) is 56.3 Å². The Morgan fingerprint density at radius 1 is 0.882 bits per heavy atom. The number of thioether (sulfide) groups is 1. The van der Waals surface area contributed by atoms with Crippen LogP contribution in [-0.4, -0.2) is 115 Å². The van der Waals surface area contributed by atoms with Crippen molar-refractivity contribution >= 4 is 46.7 Å². The van der Waals surface area contributed by atoms with Crippen LogP contribution in [0.5, 0.6) is 5.75 Å². The fraction of sp³-hybridized carbons (Fsp3) is 0.471. The molecule has 16 nitrogen and oxygen atoms in total. The molecular formula is C34H46N6O10S. The Labute approximate surface area is 300 Å². The van der Waals surface area contributed by atoms with Crippen LogP contribution in [0.3, 0.4) is 0 Å². The Bertz CT molecular complexity index is 1540. The zero-order valence-electron chi connectivity index (χ0n) is 28.9. The predicted molar refractivity (Wildman–Crippen MR) is 190 cm³/mol. The number of benzene rings is 1. The number of allylic oxidation sites excluding steroid dienone is 2. The first-order valence-electron chi connectivity index (χ1n) is 16.4. The van der Waals surface area contributed by atoms with E-state index in [1.807, 2.05) is 18.4 Å². The first kappa shape index (κ1) is 40.9. The van der Waals surface area contributed by atoms with E-state index in [1.165, 1.54) is 24.9 Å². The summed E-state index contributed by atoms with van der Waals surface area (Å²) < 4.78 is 32.1. The van der Waals surface area contributed by atoms with Crippen LogP contribution in [0.2, 0.25) is 0 Å². The molecule has 17 heteroatoms. The number of nitrogens with two attached hydrogens (primary N) is 1. The molecule has 6 N–H and O–H groups in total. The maximum Gasteiger partial charge on any atom is 0.277 e. The summed E-state index contributed by atoms with van der Waals surface area (Å²) in [5.41, 5.74) is 10.1. The van der Waals surface area contributed by atoms with Gasteiger partial charge >= 0.3 is 0 Å². The summed E-state index contributed by atoms with van der Waals surface area (Å²) >= 11 is 1.52. The number of hydrogen-bond donors (Lipinski definition) is 5. The molecule has 1 aliphatic heterocycles. The second kappa shape index (κ2) is 23.8. The van der Waals surface area contributed by atoms with E-state index in [0.717, 1.165) is 10.5 Å². The number of ether oxygens (including phenoxy) is 5. The standard InChI is InChI=1S/C34H46N6O10S/c1-24-5-3-6-25(23-51-24)30-20-28(40-50-30)34(44)39-26-7-8-29(45-2)27(19-26)33(43)38-12-14-47-16-18-49-22-32(42)37-11-13-46-15-17-48-21-31(41)36-10-4-9-35/h3,7-8,19-20,23H,4,6,9-18,21-22,35H2,1-2H3,(H,36,41)(H,37,42)(H,38,43)(H,39,44). The molecule has 3 rings (SSSR count). The topological polar surface area (TPSA) is 215 Å². The zero-order valence-corrected chi connectivity index (χ0v) is 29.7. The maximum atomic E-state index is 12.9. The minimum atomic E-state index is -0.494. The first-order chi connectivity index (χ1) is 24.8. The number of carbonyl (C=O) groups excluding carboxylic acids is 4. The number of carbonyl (C=O) groups is 4. The van der Waals surface area contributed by atoms with E-state index >= 15 is 0 Å². The molecule has 1 aliphatic rings. The highest BCUT2D eigenvalue weighted by Crippen LogP contribution is 2.29. The predicted octanol–water partition coefficient (Wildman–Crippen LogP) is 1.85. The summed E-state index contributed by atoms with van der Waals surface area (Å²) in [7, 11) is 1.44. The van der Waals surface area contributed by atoms with Gasteiger partial charge in [-0.1, -0.05) is 16.9 Å². The summed E-state index contributed by atoms with van der Waals surface area (Å²) in [6.07, 6.45) is 3.22. The van der Waals surface area contributed by atoms with E-state index < -0.39 is 11.8 Å². The number of nitrogens with one attached hydrogen (secondary N) is 4. The van der Waals surface area contributed by atoms with Crippen molar-refractivity contribution in [2.45, 2.75) is 19.8 Å². The average molecular weight is 731 g/mol. The molecule has 0 radical (unpaired) electrons. The number of aromatic nitrogens is 1. The van der Waals surface area contributed by atoms with Crippen LogP contribution in [0, 0.1) is 0 Å². The smallest absolute Gasteiger partial charge is 0.277 e. The van der Waals surface area contributed by atoms with Crippen molar-refractivity contribution in [3.8, 4) is 5.75 Å². The van der Waals surface area contributed by atoms with Crippen molar-refractivity contribution in [2.24, 2.45) is 5.73 Å². The van der Waals surface area contributed by atoms with E-state index in [1.54, 1.807) is 18.2 Å². The normalized spacial score (nSPS) is 12.4. The van der Waals surface area contributed by atoms with Gasteiger partial charge in [0, 0.05) is 48.3 Å². The van der Waals surface area contributed by atoms with Gasteiger partial charge in [-0.2, -0.15) is 0 Å². The number of hydrogen-bond acceptors (Lipinski definition) is 13. The lowest BCUT2D eigenvalue weighted by atomic mass is 10.1. The van der Waals surface area contributed by atoms with Gasteiger partial charge in [-0.25, -0.2) is 0 Å². The third-order valence-electron chi connectivity index (χ3n) is 6.78. The molecule has 0 fully saturated rings. The molecule has 2 aromatic rings. The Hall–Kier alpha value is -4.48. The van der Waals surface area contributed by atoms with Crippen LogP contribution in [0.1, 0.15) is 46.4 Å². The minimum absolute atomic E-state index is 0.0461. The van der Waals surface area contributed by atoms with Crippen LogP contribution >= 0.6 is 11.8 Å². The quantitative estimate of drug-likeness (QED) is 0.0772. The summed E-state index contributed by atoms with van der Waals surface area (Å²) in [4.78, 5) is 50.2. The lowest BCUT2D eigenvalue weighted by molar-refractivity contribution is -0.127. The van der Waals surface area contributed by atoms with Gasteiger partial charge in [-0.05, 0) is 49.6 Å². The van der Waals surface area contributed by atoms with Gasteiger partial charge in [0.1, 0.15) is 19.0 Å². The first-order valence-corrected chi connectivity index (χ1v) is 17.2. The van der Waals surface area contributed by atoms with E-state index in [2.05, 4.69) is 32.2 Å². The number of nitrogens with zero attached hydrogens (tertiary/aromatic N) is 1. The molecular weight excluding hydrogens is 684 g/mol. The molecule has 278 valence electrons. The van der Waals surface area contributed by atoms with Gasteiger partial charge < -0.3 is 55.2 Å². The molecule has 0 saturated carbocycles. The largest absolute Gasteiger partial charge is 0.496 e. The van der Waals surface area contributed by atoms with Crippen molar-refractivity contribution in [3.05, 3.63) is 63.4 Å². The summed E-state index contributed by atoms with van der Waals surface area (Å²) in [5.74, 6) is -0.600. The monoisotopic (exact) mass is 730 g/mol. The molecule has 1 aromatic carbocycles. The van der Waals surface area contributed by atoms with Crippen molar-refractivity contribution in [1.29, 1.82) is 0 Å². The van der Waals surface area contributed by atoms with Crippen molar-refractivity contribution in [1.82, 2.24) is 21.1 Å². The molecule has 0 aliphatic carbocycles. The van der Waals surface area contributed by atoms with Crippen molar-refractivity contribution in [2.75, 3.05) is 91.5 Å². The lowest BCUT2D eigenvalue weighted by Crippen LogP contribution is -2.32. The number of anilines is 1. The van der Waals surface area contributed by atoms with Crippen molar-refractivity contribution < 1.29 is 47.4 Å². The van der Waals surface area contributed by atoms with E-state index in [9.17, 15) is 19.2 Å². The Morgan fingerprint density at radius 2 is 1.55 bits per heavy atom. The molecule has 0 spiro atoms. The van der Waals surface area contributed by atoms with Crippen molar-refractivity contribution in [3.63, 3.8) is 0 Å². The van der Waals surface area contributed by atoms with Gasteiger partial charge in [-0.3, -0.25) is 19.2 Å². The lowest BCUT2D eigenvalue weighted by Gasteiger charge is -2.12. The van der Waals surface area contributed by atoms with Gasteiger partial charge in [0.15, 0.2) is 11.5 Å². The highest BCUT2D eigenvalue weighted by atomic mass is 32.2. The van der Waals surface area contributed by atoms with E-state index in [-0.39, 0.29) is 75.9 Å². The van der Waals surface area contributed by atoms with Crippen LogP contribution in [-0.2, 0) is 28.5 Å². The number of rotatable bonds is 24. The Morgan fingerprint density at radius 3 is 2.24 bits per heavy atom. The molecule has 0 unspecified atom stereocenters. The SMILES string of the molecule is COc1ccc(NC(=O)c2cc(C3=CSC(C)=C=CC3)on2)cc1C(=O)NCCOCCOCC(=O)NCCOCCOCC(=O)NCCCN. The van der Waals surface area contributed by atoms with Crippen LogP contribution in [0.15, 0.2) is 50.9 Å². The zero-order chi connectivity index (χ0) is 36.7. The molecule has 0 atom stereocenters. The molecule has 4 amide bonds. The third-order valence-corrected chi connectivity index (χ3v) is 7.65. The van der Waals surface area contributed by atoms with E-state index in [4.69, 9.17) is 33.9 Å². The highest BCUT2D eigenvalue weighted by molar-refractivity contribution is 8.05. The van der Waals surface area contributed by atoms with Gasteiger partial charge in [-0.15, -0.1) is 5.73 Å². The van der Waals surface area contributed by atoms with Crippen LogP contribution < -0.4 is 31.7 Å². The fourth-order valence-corrected chi connectivity index (χ4v) is 4.88. The molecule has 0 saturated heterocycles. The molecule has 1 aromatic heterocycles.